The zero-order valence-corrected chi connectivity index (χ0v) is 13.3. The van der Waals surface area contributed by atoms with Crippen molar-refractivity contribution in [1.82, 2.24) is 5.32 Å². The van der Waals surface area contributed by atoms with Gasteiger partial charge in [0.05, 0.1) is 0 Å². The largest absolute Gasteiger partial charge is 0.349 e. The summed E-state index contributed by atoms with van der Waals surface area (Å²) in [7, 11) is 0. The van der Waals surface area contributed by atoms with Gasteiger partial charge in [-0.2, -0.15) is 0 Å². The molecule has 1 aromatic rings. The van der Waals surface area contributed by atoms with Crippen molar-refractivity contribution in [2.75, 3.05) is 5.33 Å². The highest BCUT2D eigenvalue weighted by atomic mass is 79.9. The molecule has 1 amide bonds. The molecule has 1 saturated carbocycles. The Bertz CT molecular complexity index is 458. The number of amides is 1. The van der Waals surface area contributed by atoms with Crippen LogP contribution in [0.1, 0.15) is 47.2 Å². The molecule has 1 fully saturated rings. The number of hydrogen-bond acceptors (Lipinski definition) is 1. The second-order valence-corrected chi connectivity index (χ2v) is 6.24. The highest BCUT2D eigenvalue weighted by Crippen LogP contribution is 2.26. The summed E-state index contributed by atoms with van der Waals surface area (Å²) < 4.78 is 0. The first-order valence-corrected chi connectivity index (χ1v) is 8.18. The minimum absolute atomic E-state index is 0.0825. The van der Waals surface area contributed by atoms with E-state index in [1.54, 1.807) is 0 Å². The molecular weight excluding hydrogens is 302 g/mol. The van der Waals surface area contributed by atoms with Gasteiger partial charge in [0.1, 0.15) is 0 Å². The first kappa shape index (κ1) is 14.6. The smallest absolute Gasteiger partial charge is 0.251 e. The van der Waals surface area contributed by atoms with Gasteiger partial charge in [0.15, 0.2) is 0 Å². The van der Waals surface area contributed by atoms with Crippen LogP contribution >= 0.6 is 15.9 Å². The van der Waals surface area contributed by atoms with Gasteiger partial charge in [0, 0.05) is 16.9 Å². The molecule has 2 nitrogen and oxygen atoms in total. The molecule has 1 N–H and O–H groups in total. The van der Waals surface area contributed by atoms with Gasteiger partial charge < -0.3 is 5.32 Å². The molecule has 2 rings (SSSR count). The summed E-state index contributed by atoms with van der Waals surface area (Å²) in [6.07, 6.45) is 4.82. The molecule has 0 heterocycles. The Morgan fingerprint density at radius 3 is 2.79 bits per heavy atom. The number of hydrogen-bond donors (Lipinski definition) is 1. The van der Waals surface area contributed by atoms with Crippen LogP contribution in [0.4, 0.5) is 0 Å². The highest BCUT2D eigenvalue weighted by Gasteiger charge is 2.26. The van der Waals surface area contributed by atoms with Crippen molar-refractivity contribution in [3.63, 3.8) is 0 Å². The molecule has 2 atom stereocenters. The molecule has 19 heavy (non-hydrogen) atoms. The molecule has 104 valence electrons. The second kappa shape index (κ2) is 6.56. The number of aryl methyl sites for hydroxylation is 2. The van der Waals surface area contributed by atoms with Crippen LogP contribution in [0.15, 0.2) is 18.2 Å². The van der Waals surface area contributed by atoms with E-state index in [0.717, 1.165) is 28.4 Å². The summed E-state index contributed by atoms with van der Waals surface area (Å²) in [5.41, 5.74) is 3.00. The average molecular weight is 324 g/mol. The number of halogens is 1. The van der Waals surface area contributed by atoms with Crippen LogP contribution < -0.4 is 5.32 Å². The van der Waals surface area contributed by atoms with Crippen molar-refractivity contribution in [3.05, 3.63) is 34.9 Å². The van der Waals surface area contributed by atoms with E-state index in [9.17, 15) is 4.79 Å². The van der Waals surface area contributed by atoms with E-state index in [2.05, 4.69) is 21.2 Å². The summed E-state index contributed by atoms with van der Waals surface area (Å²) >= 11 is 3.57. The molecule has 1 aromatic carbocycles. The fourth-order valence-electron chi connectivity index (χ4n) is 2.81. The third kappa shape index (κ3) is 3.59. The van der Waals surface area contributed by atoms with Crippen molar-refractivity contribution in [3.8, 4) is 0 Å². The normalized spacial score (nSPS) is 23.1. The van der Waals surface area contributed by atoms with Gasteiger partial charge in [-0.25, -0.2) is 0 Å². The van der Waals surface area contributed by atoms with E-state index in [1.807, 2.05) is 32.0 Å². The molecule has 0 aromatic heterocycles. The fourth-order valence-corrected chi connectivity index (χ4v) is 3.58. The van der Waals surface area contributed by atoms with E-state index in [0.29, 0.717) is 12.0 Å². The maximum atomic E-state index is 12.4. The zero-order valence-electron chi connectivity index (χ0n) is 11.7. The zero-order chi connectivity index (χ0) is 13.8. The van der Waals surface area contributed by atoms with E-state index in [4.69, 9.17) is 0 Å². The van der Waals surface area contributed by atoms with Crippen LogP contribution in [-0.4, -0.2) is 17.3 Å². The second-order valence-electron chi connectivity index (χ2n) is 5.60. The lowest BCUT2D eigenvalue weighted by molar-refractivity contribution is 0.0911. The van der Waals surface area contributed by atoms with Gasteiger partial charge in [-0.05, 0) is 44.2 Å². The Hall–Kier alpha value is -0.830. The molecule has 0 spiro atoms. The monoisotopic (exact) mass is 323 g/mol. The quantitative estimate of drug-likeness (QED) is 0.837. The molecule has 0 radical (unpaired) electrons. The van der Waals surface area contributed by atoms with Gasteiger partial charge in [-0.15, -0.1) is 0 Å². The van der Waals surface area contributed by atoms with Gasteiger partial charge >= 0.3 is 0 Å². The van der Waals surface area contributed by atoms with Crippen LogP contribution in [0, 0.1) is 19.8 Å². The lowest BCUT2D eigenvalue weighted by Gasteiger charge is -2.31. The van der Waals surface area contributed by atoms with E-state index in [-0.39, 0.29) is 5.91 Å². The lowest BCUT2D eigenvalue weighted by Crippen LogP contribution is -2.42. The first-order valence-electron chi connectivity index (χ1n) is 7.06. The Morgan fingerprint density at radius 2 is 2.05 bits per heavy atom. The minimum Gasteiger partial charge on any atom is -0.349 e. The molecule has 0 aliphatic heterocycles. The van der Waals surface area contributed by atoms with Crippen LogP contribution in [0.3, 0.4) is 0 Å². The average Bonchev–Trinajstić information content (AvgIpc) is 2.42. The van der Waals surface area contributed by atoms with Gasteiger partial charge in [-0.3, -0.25) is 4.79 Å². The third-order valence-corrected chi connectivity index (χ3v) is 4.89. The Balaban J connectivity index is 2.09. The number of nitrogens with one attached hydrogen (secondary N) is 1. The molecule has 2 unspecified atom stereocenters. The van der Waals surface area contributed by atoms with Crippen molar-refractivity contribution in [1.29, 1.82) is 0 Å². The van der Waals surface area contributed by atoms with Crippen molar-refractivity contribution >= 4 is 21.8 Å². The summed E-state index contributed by atoms with van der Waals surface area (Å²) in [5.74, 6) is 0.655. The van der Waals surface area contributed by atoms with Gasteiger partial charge in [-0.1, -0.05) is 46.5 Å². The van der Waals surface area contributed by atoms with Crippen molar-refractivity contribution < 1.29 is 4.79 Å². The first-order chi connectivity index (χ1) is 9.11. The lowest BCUT2D eigenvalue weighted by atomic mass is 9.85. The topological polar surface area (TPSA) is 29.1 Å². The Morgan fingerprint density at radius 1 is 1.32 bits per heavy atom. The molecular formula is C16H22BrNO. The molecule has 3 heteroatoms. The number of carbonyl (C=O) groups is 1. The molecule has 1 aliphatic rings. The van der Waals surface area contributed by atoms with Gasteiger partial charge in [0.2, 0.25) is 0 Å². The number of carbonyl (C=O) groups excluding carboxylic acids is 1. The number of alkyl halides is 1. The van der Waals surface area contributed by atoms with Crippen molar-refractivity contribution in [2.24, 2.45) is 5.92 Å². The third-order valence-electron chi connectivity index (χ3n) is 4.06. The maximum absolute atomic E-state index is 12.4. The van der Waals surface area contributed by atoms with Gasteiger partial charge in [0.25, 0.3) is 5.91 Å². The molecule has 0 saturated heterocycles. The predicted molar refractivity (Wildman–Crippen MR) is 82.9 cm³/mol. The summed E-state index contributed by atoms with van der Waals surface area (Å²) in [6, 6.07) is 6.37. The minimum atomic E-state index is 0.0825. The van der Waals surface area contributed by atoms with E-state index < -0.39 is 0 Å². The maximum Gasteiger partial charge on any atom is 0.251 e. The molecule has 1 aliphatic carbocycles. The summed E-state index contributed by atoms with van der Waals surface area (Å²) in [6.45, 7) is 4.02. The van der Waals surface area contributed by atoms with Crippen LogP contribution in [0.25, 0.3) is 0 Å². The summed E-state index contributed by atoms with van der Waals surface area (Å²) in [4.78, 5) is 12.4. The fraction of sp³-hybridized carbons (Fsp3) is 0.562. The highest BCUT2D eigenvalue weighted by molar-refractivity contribution is 9.09. The summed E-state index contributed by atoms with van der Waals surface area (Å²) in [5, 5.41) is 4.21. The predicted octanol–water partition coefficient (Wildman–Crippen LogP) is 3.99. The van der Waals surface area contributed by atoms with E-state index in [1.165, 1.54) is 19.3 Å². The number of benzene rings is 1. The van der Waals surface area contributed by atoms with Crippen LogP contribution in [-0.2, 0) is 0 Å². The Kier molecular flexibility index (Phi) is 5.03. The number of rotatable bonds is 3. The molecule has 0 bridgehead atoms. The van der Waals surface area contributed by atoms with Crippen LogP contribution in [0.2, 0.25) is 0 Å². The van der Waals surface area contributed by atoms with E-state index >= 15 is 0 Å². The van der Waals surface area contributed by atoms with Crippen LogP contribution in [0.5, 0.6) is 0 Å². The standard InChI is InChI=1S/C16H22BrNO/c1-11-7-8-12(2)14(9-11)16(19)18-15-6-4-3-5-13(15)10-17/h7-9,13,15H,3-6,10H2,1-2H3,(H,18,19). The Labute approximate surface area is 124 Å². The van der Waals surface area contributed by atoms with Crippen molar-refractivity contribution in [2.45, 2.75) is 45.6 Å². The SMILES string of the molecule is Cc1ccc(C)c(C(=O)NC2CCCCC2CBr)c1.